The molecule has 0 aliphatic carbocycles. The van der Waals surface area contributed by atoms with Gasteiger partial charge in [-0.15, -0.1) is 0 Å². The van der Waals surface area contributed by atoms with Gasteiger partial charge in [0, 0.05) is 22.9 Å². The fourth-order valence-corrected chi connectivity index (χ4v) is 3.22. The van der Waals surface area contributed by atoms with E-state index in [0.29, 0.717) is 27.6 Å². The number of aromatic amines is 1. The zero-order valence-corrected chi connectivity index (χ0v) is 15.6. The quantitative estimate of drug-likeness (QED) is 0.622. The topological polar surface area (TPSA) is 49.8 Å². The molecule has 3 aromatic rings. The summed E-state index contributed by atoms with van der Waals surface area (Å²) in [4.78, 5) is 15.6. The number of imidazole rings is 1. The van der Waals surface area contributed by atoms with E-state index in [1.807, 2.05) is 31.2 Å². The molecule has 1 unspecified atom stereocenters. The normalized spacial score (nSPS) is 12.0. The Morgan fingerprint density at radius 3 is 2.73 bits per heavy atom. The zero-order chi connectivity index (χ0) is 18.7. The minimum Gasteiger partial charge on any atom is -0.348 e. The Labute approximate surface area is 160 Å². The van der Waals surface area contributed by atoms with E-state index in [-0.39, 0.29) is 17.8 Å². The number of nitrogens with zero attached hydrogens (tertiary/aromatic N) is 1. The number of carbonyl (C=O) groups is 1. The SMILES string of the molecule is CC(Cc1cccc(Cl)c1)NC(=O)c1c[nH]c(=S)n1-c1ccc(F)cc1. The van der Waals surface area contributed by atoms with Gasteiger partial charge in [0.2, 0.25) is 0 Å². The lowest BCUT2D eigenvalue weighted by Gasteiger charge is -2.15. The van der Waals surface area contributed by atoms with Crippen LogP contribution in [0.2, 0.25) is 5.02 Å². The van der Waals surface area contributed by atoms with Gasteiger partial charge >= 0.3 is 0 Å². The van der Waals surface area contributed by atoms with Crippen LogP contribution in [-0.2, 0) is 6.42 Å². The van der Waals surface area contributed by atoms with E-state index >= 15 is 0 Å². The Hall–Kier alpha value is -2.44. The second-order valence-corrected chi connectivity index (χ2v) is 6.82. The predicted octanol–water partition coefficient (Wildman–Crippen LogP) is 4.69. The molecule has 1 heterocycles. The lowest BCUT2D eigenvalue weighted by molar-refractivity contribution is 0.0933. The highest BCUT2D eigenvalue weighted by molar-refractivity contribution is 7.71. The Bertz CT molecular complexity index is 981. The molecule has 0 saturated heterocycles. The van der Waals surface area contributed by atoms with Crippen LogP contribution in [0.25, 0.3) is 5.69 Å². The molecule has 4 nitrogen and oxygen atoms in total. The first-order valence-electron chi connectivity index (χ1n) is 8.05. The van der Waals surface area contributed by atoms with Crippen molar-refractivity contribution in [1.82, 2.24) is 14.9 Å². The summed E-state index contributed by atoms with van der Waals surface area (Å²) in [6, 6.07) is 13.2. The molecule has 0 spiro atoms. The highest BCUT2D eigenvalue weighted by Crippen LogP contribution is 2.15. The summed E-state index contributed by atoms with van der Waals surface area (Å²) in [6.07, 6.45) is 2.20. The first kappa shape index (κ1) is 18.4. The Balaban J connectivity index is 1.78. The fourth-order valence-electron chi connectivity index (χ4n) is 2.75. The standard InChI is InChI=1S/C19H17ClFN3OS/c1-12(9-13-3-2-4-14(20)10-13)23-18(25)17-11-22-19(26)24(17)16-7-5-15(21)6-8-16/h2-8,10-12H,9H2,1H3,(H,22,26)(H,23,25). The van der Waals surface area contributed by atoms with Crippen molar-refractivity contribution in [3.63, 3.8) is 0 Å². The van der Waals surface area contributed by atoms with Gasteiger partial charge in [-0.2, -0.15) is 0 Å². The van der Waals surface area contributed by atoms with Crippen LogP contribution in [0.4, 0.5) is 4.39 Å². The number of hydrogen-bond acceptors (Lipinski definition) is 2. The molecule has 7 heteroatoms. The van der Waals surface area contributed by atoms with Gasteiger partial charge in [-0.3, -0.25) is 9.36 Å². The number of amides is 1. The number of benzene rings is 2. The van der Waals surface area contributed by atoms with E-state index in [2.05, 4.69) is 10.3 Å². The first-order chi connectivity index (χ1) is 12.4. The molecule has 2 N–H and O–H groups in total. The van der Waals surface area contributed by atoms with Gasteiger partial charge in [-0.05, 0) is 67.5 Å². The first-order valence-corrected chi connectivity index (χ1v) is 8.84. The van der Waals surface area contributed by atoms with Crippen molar-refractivity contribution in [1.29, 1.82) is 0 Å². The van der Waals surface area contributed by atoms with E-state index in [4.69, 9.17) is 23.8 Å². The molecular weight excluding hydrogens is 373 g/mol. The van der Waals surface area contributed by atoms with Gasteiger partial charge in [0.25, 0.3) is 5.91 Å². The summed E-state index contributed by atoms with van der Waals surface area (Å²) < 4.78 is 15.1. The van der Waals surface area contributed by atoms with Crippen molar-refractivity contribution in [2.45, 2.75) is 19.4 Å². The molecule has 1 atom stereocenters. The highest BCUT2D eigenvalue weighted by atomic mass is 35.5. The third-order valence-corrected chi connectivity index (χ3v) is 4.44. The van der Waals surface area contributed by atoms with Gasteiger partial charge in [0.15, 0.2) is 4.77 Å². The van der Waals surface area contributed by atoms with Crippen molar-refractivity contribution >= 4 is 29.7 Å². The van der Waals surface area contributed by atoms with E-state index < -0.39 is 0 Å². The molecule has 134 valence electrons. The monoisotopic (exact) mass is 389 g/mol. The summed E-state index contributed by atoms with van der Waals surface area (Å²) in [7, 11) is 0. The maximum absolute atomic E-state index is 13.2. The third-order valence-electron chi connectivity index (χ3n) is 3.90. The number of aromatic nitrogens is 2. The molecule has 1 aromatic heterocycles. The number of carbonyl (C=O) groups excluding carboxylic acids is 1. The third kappa shape index (κ3) is 4.20. The van der Waals surface area contributed by atoms with Crippen molar-refractivity contribution in [2.75, 3.05) is 0 Å². The summed E-state index contributed by atoms with van der Waals surface area (Å²) in [5, 5.41) is 3.62. The van der Waals surface area contributed by atoms with Gasteiger partial charge < -0.3 is 10.3 Å². The predicted molar refractivity (Wildman–Crippen MR) is 103 cm³/mol. The molecule has 0 saturated carbocycles. The lowest BCUT2D eigenvalue weighted by atomic mass is 10.1. The largest absolute Gasteiger partial charge is 0.348 e. The summed E-state index contributed by atoms with van der Waals surface area (Å²) in [5.41, 5.74) is 2.01. The molecule has 2 aromatic carbocycles. The van der Waals surface area contributed by atoms with Gasteiger partial charge in [-0.25, -0.2) is 4.39 Å². The van der Waals surface area contributed by atoms with Crippen LogP contribution in [-0.4, -0.2) is 21.5 Å². The smallest absolute Gasteiger partial charge is 0.270 e. The van der Waals surface area contributed by atoms with Gasteiger partial charge in [0.1, 0.15) is 11.5 Å². The van der Waals surface area contributed by atoms with Crippen molar-refractivity contribution < 1.29 is 9.18 Å². The van der Waals surface area contributed by atoms with Crippen molar-refractivity contribution in [3.8, 4) is 5.69 Å². The average molecular weight is 390 g/mol. The summed E-state index contributed by atoms with van der Waals surface area (Å²) >= 11 is 11.3. The fraction of sp³-hybridized carbons (Fsp3) is 0.158. The minimum atomic E-state index is -0.350. The van der Waals surface area contributed by atoms with Crippen molar-refractivity contribution in [2.24, 2.45) is 0 Å². The molecule has 0 aliphatic heterocycles. The second kappa shape index (κ2) is 7.85. The highest BCUT2D eigenvalue weighted by Gasteiger charge is 2.16. The maximum atomic E-state index is 13.2. The number of hydrogen-bond donors (Lipinski definition) is 2. The van der Waals surface area contributed by atoms with Crippen LogP contribution < -0.4 is 5.32 Å². The molecule has 0 fully saturated rings. The van der Waals surface area contributed by atoms with Crippen LogP contribution in [0.15, 0.2) is 54.7 Å². The van der Waals surface area contributed by atoms with Gasteiger partial charge in [-0.1, -0.05) is 23.7 Å². The van der Waals surface area contributed by atoms with Crippen molar-refractivity contribution in [3.05, 3.63) is 81.6 Å². The number of H-pyrrole nitrogens is 1. The van der Waals surface area contributed by atoms with E-state index in [0.717, 1.165) is 5.56 Å². The second-order valence-electron chi connectivity index (χ2n) is 6.00. The van der Waals surface area contributed by atoms with E-state index in [1.54, 1.807) is 22.9 Å². The maximum Gasteiger partial charge on any atom is 0.270 e. The molecule has 1 amide bonds. The van der Waals surface area contributed by atoms with Crippen LogP contribution in [0, 0.1) is 10.6 Å². The Morgan fingerprint density at radius 1 is 1.31 bits per heavy atom. The number of nitrogens with one attached hydrogen (secondary N) is 2. The van der Waals surface area contributed by atoms with Crippen LogP contribution in [0.1, 0.15) is 23.0 Å². The van der Waals surface area contributed by atoms with Crippen LogP contribution in [0.5, 0.6) is 0 Å². The molecule has 3 rings (SSSR count). The van der Waals surface area contributed by atoms with Crippen LogP contribution >= 0.6 is 23.8 Å². The molecule has 0 bridgehead atoms. The molecular formula is C19H17ClFN3OS. The minimum absolute atomic E-state index is 0.105. The lowest BCUT2D eigenvalue weighted by Crippen LogP contribution is -2.35. The summed E-state index contributed by atoms with van der Waals surface area (Å²) in [6.45, 7) is 1.92. The van der Waals surface area contributed by atoms with E-state index in [9.17, 15) is 9.18 Å². The Kier molecular flexibility index (Phi) is 5.54. The van der Waals surface area contributed by atoms with Gasteiger partial charge in [0.05, 0.1) is 0 Å². The van der Waals surface area contributed by atoms with Crippen LogP contribution in [0.3, 0.4) is 0 Å². The summed E-state index contributed by atoms with van der Waals surface area (Å²) in [5.74, 6) is -0.617. The molecule has 0 aliphatic rings. The number of rotatable bonds is 5. The number of halogens is 2. The average Bonchev–Trinajstić information content (AvgIpc) is 2.97. The van der Waals surface area contributed by atoms with E-state index in [1.165, 1.54) is 12.1 Å². The Morgan fingerprint density at radius 2 is 2.04 bits per heavy atom. The molecule has 0 radical (unpaired) electrons. The molecule has 26 heavy (non-hydrogen) atoms. The zero-order valence-electron chi connectivity index (χ0n) is 14.0.